The highest BCUT2D eigenvalue weighted by molar-refractivity contribution is 5.88. The second kappa shape index (κ2) is 3.16. The summed E-state index contributed by atoms with van der Waals surface area (Å²) in [4.78, 5) is 4.33. The summed E-state index contributed by atoms with van der Waals surface area (Å²) in [5.74, 6) is 0.859. The number of hydrogen-bond donors (Lipinski definition) is 0. The number of nitrogens with zero attached hydrogens (tertiary/aromatic N) is 4. The van der Waals surface area contributed by atoms with Crippen molar-refractivity contribution >= 4 is 10.8 Å². The van der Waals surface area contributed by atoms with Crippen LogP contribution in [0.5, 0.6) is 0 Å². The minimum absolute atomic E-state index is 0.859. The maximum absolute atomic E-state index is 4.33. The van der Waals surface area contributed by atoms with Crippen LogP contribution in [0.2, 0.25) is 0 Å². The van der Waals surface area contributed by atoms with E-state index in [-0.39, 0.29) is 0 Å². The normalized spacial score (nSPS) is 10.7. The van der Waals surface area contributed by atoms with E-state index in [2.05, 4.69) is 21.2 Å². The SMILES string of the molecule is c1ccc2c(-n3cnnc3)nccc2c1. The first-order chi connectivity index (χ1) is 7.45. The molecule has 4 heteroatoms. The fourth-order valence-electron chi connectivity index (χ4n) is 1.62. The molecular formula is C11H8N4. The summed E-state index contributed by atoms with van der Waals surface area (Å²) in [6.07, 6.45) is 5.08. The van der Waals surface area contributed by atoms with Gasteiger partial charge >= 0.3 is 0 Å². The molecule has 0 saturated heterocycles. The van der Waals surface area contributed by atoms with Crippen molar-refractivity contribution in [3.8, 4) is 5.82 Å². The van der Waals surface area contributed by atoms with Crippen LogP contribution in [0.3, 0.4) is 0 Å². The molecule has 0 aliphatic carbocycles. The Morgan fingerprint density at radius 2 is 1.73 bits per heavy atom. The van der Waals surface area contributed by atoms with Gasteiger partial charge in [0.05, 0.1) is 0 Å². The zero-order chi connectivity index (χ0) is 10.1. The highest BCUT2D eigenvalue weighted by Gasteiger charge is 2.02. The van der Waals surface area contributed by atoms with E-state index in [0.29, 0.717) is 0 Å². The fraction of sp³-hybridized carbons (Fsp3) is 0. The first kappa shape index (κ1) is 8.11. The van der Waals surface area contributed by atoms with Crippen LogP contribution in [-0.2, 0) is 0 Å². The lowest BCUT2D eigenvalue weighted by atomic mass is 10.1. The zero-order valence-electron chi connectivity index (χ0n) is 7.91. The molecule has 0 aliphatic rings. The van der Waals surface area contributed by atoms with Crippen LogP contribution < -0.4 is 0 Å². The Morgan fingerprint density at radius 3 is 2.60 bits per heavy atom. The van der Waals surface area contributed by atoms with Crippen molar-refractivity contribution in [3.05, 3.63) is 49.2 Å². The van der Waals surface area contributed by atoms with E-state index >= 15 is 0 Å². The van der Waals surface area contributed by atoms with Crippen molar-refractivity contribution in [3.63, 3.8) is 0 Å². The molecule has 4 nitrogen and oxygen atoms in total. The molecule has 72 valence electrons. The molecule has 0 aliphatic heterocycles. The van der Waals surface area contributed by atoms with Crippen molar-refractivity contribution in [2.24, 2.45) is 0 Å². The third-order valence-corrected chi connectivity index (χ3v) is 2.32. The van der Waals surface area contributed by atoms with Gasteiger partial charge in [-0.05, 0) is 11.5 Å². The van der Waals surface area contributed by atoms with Crippen LogP contribution in [0.4, 0.5) is 0 Å². The smallest absolute Gasteiger partial charge is 0.146 e. The third-order valence-electron chi connectivity index (χ3n) is 2.32. The molecule has 1 aromatic carbocycles. The molecule has 0 atom stereocenters. The summed E-state index contributed by atoms with van der Waals surface area (Å²) in [5, 5.41) is 9.82. The molecule has 15 heavy (non-hydrogen) atoms. The molecule has 0 unspecified atom stereocenters. The number of pyridine rings is 1. The van der Waals surface area contributed by atoms with Gasteiger partial charge in [0.1, 0.15) is 18.5 Å². The monoisotopic (exact) mass is 196 g/mol. The molecule has 2 aromatic heterocycles. The maximum Gasteiger partial charge on any atom is 0.146 e. The van der Waals surface area contributed by atoms with E-state index < -0.39 is 0 Å². The van der Waals surface area contributed by atoms with E-state index in [0.717, 1.165) is 16.6 Å². The summed E-state index contributed by atoms with van der Waals surface area (Å²) in [5.41, 5.74) is 0. The molecule has 3 rings (SSSR count). The molecule has 0 radical (unpaired) electrons. The van der Waals surface area contributed by atoms with Crippen LogP contribution in [0, 0.1) is 0 Å². The predicted molar refractivity (Wildman–Crippen MR) is 56.7 cm³/mol. The molecule has 2 heterocycles. The van der Waals surface area contributed by atoms with Crippen molar-refractivity contribution in [2.45, 2.75) is 0 Å². The summed E-state index contributed by atoms with van der Waals surface area (Å²) >= 11 is 0. The highest BCUT2D eigenvalue weighted by atomic mass is 15.2. The zero-order valence-corrected chi connectivity index (χ0v) is 7.91. The number of aromatic nitrogens is 4. The van der Waals surface area contributed by atoms with Crippen molar-refractivity contribution in [2.75, 3.05) is 0 Å². The van der Waals surface area contributed by atoms with Crippen LogP contribution in [0.25, 0.3) is 16.6 Å². The fourth-order valence-corrected chi connectivity index (χ4v) is 1.62. The summed E-state index contributed by atoms with van der Waals surface area (Å²) < 4.78 is 1.81. The van der Waals surface area contributed by atoms with Crippen molar-refractivity contribution < 1.29 is 0 Å². The molecule has 0 N–H and O–H groups in total. The highest BCUT2D eigenvalue weighted by Crippen LogP contribution is 2.18. The Bertz CT molecular complexity index is 581. The van der Waals surface area contributed by atoms with E-state index in [1.165, 1.54) is 0 Å². The van der Waals surface area contributed by atoms with Crippen LogP contribution >= 0.6 is 0 Å². The van der Waals surface area contributed by atoms with E-state index in [1.807, 2.05) is 28.8 Å². The molecule has 3 aromatic rings. The van der Waals surface area contributed by atoms with Crippen molar-refractivity contribution in [1.82, 2.24) is 19.7 Å². The van der Waals surface area contributed by atoms with E-state index in [1.54, 1.807) is 18.9 Å². The largest absolute Gasteiger partial charge is 0.271 e. The molecule has 0 fully saturated rings. The quantitative estimate of drug-likeness (QED) is 0.596. The van der Waals surface area contributed by atoms with Gasteiger partial charge in [0.15, 0.2) is 0 Å². The number of fused-ring (bicyclic) bond motifs is 1. The average molecular weight is 196 g/mol. The third kappa shape index (κ3) is 1.27. The Kier molecular flexibility index (Phi) is 1.71. The lowest BCUT2D eigenvalue weighted by Crippen LogP contribution is -1.94. The number of hydrogen-bond acceptors (Lipinski definition) is 3. The molecule has 0 amide bonds. The Balaban J connectivity index is 2.36. The maximum atomic E-state index is 4.33. The Hall–Kier alpha value is -2.23. The van der Waals surface area contributed by atoms with E-state index in [9.17, 15) is 0 Å². The second-order valence-corrected chi connectivity index (χ2v) is 3.22. The van der Waals surface area contributed by atoms with Gasteiger partial charge in [-0.2, -0.15) is 0 Å². The second-order valence-electron chi connectivity index (χ2n) is 3.22. The molecule has 0 saturated carbocycles. The lowest BCUT2D eigenvalue weighted by Gasteiger charge is -2.04. The predicted octanol–water partition coefficient (Wildman–Crippen LogP) is 1.82. The van der Waals surface area contributed by atoms with E-state index in [4.69, 9.17) is 0 Å². The minimum Gasteiger partial charge on any atom is -0.271 e. The van der Waals surface area contributed by atoms with Crippen LogP contribution in [-0.4, -0.2) is 19.7 Å². The standard InChI is InChI=1S/C11H8N4/c1-2-4-10-9(3-1)5-6-12-11(10)15-7-13-14-8-15/h1-8H. The number of benzene rings is 1. The molecule has 0 spiro atoms. The average Bonchev–Trinajstić information content (AvgIpc) is 2.82. The summed E-state index contributed by atoms with van der Waals surface area (Å²) in [6, 6.07) is 10.1. The topological polar surface area (TPSA) is 43.6 Å². The molecular weight excluding hydrogens is 188 g/mol. The van der Waals surface area contributed by atoms with Gasteiger partial charge in [-0.1, -0.05) is 24.3 Å². The van der Waals surface area contributed by atoms with Gasteiger partial charge in [0.25, 0.3) is 0 Å². The Labute approximate surface area is 86.2 Å². The molecule has 0 bridgehead atoms. The minimum atomic E-state index is 0.859. The van der Waals surface area contributed by atoms with Gasteiger partial charge in [0.2, 0.25) is 0 Å². The first-order valence-electron chi connectivity index (χ1n) is 4.64. The van der Waals surface area contributed by atoms with Gasteiger partial charge in [0, 0.05) is 11.6 Å². The van der Waals surface area contributed by atoms with Gasteiger partial charge in [-0.3, -0.25) is 4.57 Å². The summed E-state index contributed by atoms with van der Waals surface area (Å²) in [6.45, 7) is 0. The van der Waals surface area contributed by atoms with Gasteiger partial charge in [-0.15, -0.1) is 10.2 Å². The van der Waals surface area contributed by atoms with Gasteiger partial charge in [-0.25, -0.2) is 4.98 Å². The Morgan fingerprint density at radius 1 is 0.933 bits per heavy atom. The first-order valence-corrected chi connectivity index (χ1v) is 4.64. The van der Waals surface area contributed by atoms with Crippen molar-refractivity contribution in [1.29, 1.82) is 0 Å². The van der Waals surface area contributed by atoms with Crippen LogP contribution in [0.15, 0.2) is 49.2 Å². The van der Waals surface area contributed by atoms with Gasteiger partial charge < -0.3 is 0 Å². The van der Waals surface area contributed by atoms with Crippen LogP contribution in [0.1, 0.15) is 0 Å². The summed E-state index contributed by atoms with van der Waals surface area (Å²) in [7, 11) is 0. The number of rotatable bonds is 1. The lowest BCUT2D eigenvalue weighted by molar-refractivity contribution is 1.01.